The molecule has 1 aromatic carbocycles. The highest BCUT2D eigenvalue weighted by atomic mass is 79.9. The van der Waals surface area contributed by atoms with Crippen molar-refractivity contribution >= 4 is 33.6 Å². The van der Waals surface area contributed by atoms with Crippen molar-refractivity contribution in [1.29, 1.82) is 0 Å². The lowest BCUT2D eigenvalue weighted by molar-refractivity contribution is -0.119. The molecule has 0 radical (unpaired) electrons. The number of aliphatic hydroxyl groups excluding tert-OH is 1. The van der Waals surface area contributed by atoms with Crippen LogP contribution in [-0.2, 0) is 4.79 Å². The lowest BCUT2D eigenvalue weighted by atomic mass is 10.1. The second-order valence-corrected chi connectivity index (χ2v) is 6.75. The Morgan fingerprint density at radius 2 is 2.16 bits per heavy atom. The van der Waals surface area contributed by atoms with Crippen molar-refractivity contribution in [3.8, 4) is 0 Å². The number of carbonyl (C=O) groups excluding carboxylic acids is 1. The summed E-state index contributed by atoms with van der Waals surface area (Å²) in [7, 11) is 0. The number of rotatable bonds is 6. The van der Waals surface area contributed by atoms with Gasteiger partial charge in [0, 0.05) is 15.9 Å². The van der Waals surface area contributed by atoms with E-state index in [1.807, 2.05) is 39.0 Å². The quantitative estimate of drug-likeness (QED) is 0.779. The predicted molar refractivity (Wildman–Crippen MR) is 83.5 cm³/mol. The van der Waals surface area contributed by atoms with E-state index < -0.39 is 6.10 Å². The van der Waals surface area contributed by atoms with E-state index in [1.54, 1.807) is 0 Å². The van der Waals surface area contributed by atoms with Crippen molar-refractivity contribution < 1.29 is 9.90 Å². The molecule has 1 amide bonds. The van der Waals surface area contributed by atoms with Gasteiger partial charge in [-0.2, -0.15) is 0 Å². The lowest BCUT2D eigenvalue weighted by Gasteiger charge is -2.15. The molecule has 19 heavy (non-hydrogen) atoms. The Labute approximate surface area is 127 Å². The highest BCUT2D eigenvalue weighted by Gasteiger charge is 2.11. The zero-order chi connectivity index (χ0) is 14.4. The van der Waals surface area contributed by atoms with Gasteiger partial charge in [0.15, 0.2) is 0 Å². The molecule has 0 heterocycles. The second-order valence-electron chi connectivity index (χ2n) is 4.81. The normalized spacial score (nSPS) is 12.5. The maximum absolute atomic E-state index is 11.7. The van der Waals surface area contributed by atoms with Crippen LogP contribution in [0.2, 0.25) is 0 Å². The van der Waals surface area contributed by atoms with Gasteiger partial charge < -0.3 is 10.4 Å². The highest BCUT2D eigenvalue weighted by molar-refractivity contribution is 9.10. The molecular formula is C14H20BrNO2S. The summed E-state index contributed by atoms with van der Waals surface area (Å²) in [5.41, 5.74) is 1.15. The number of thioether (sulfide) groups is 1. The molecule has 1 unspecified atom stereocenters. The first-order valence-electron chi connectivity index (χ1n) is 6.24. The number of hydrogen-bond donors (Lipinski definition) is 2. The SMILES string of the molecule is Cc1cc(Br)ccc1SCC(=O)NCC(O)C(C)C. The van der Waals surface area contributed by atoms with E-state index in [9.17, 15) is 9.90 Å². The molecule has 1 atom stereocenters. The van der Waals surface area contributed by atoms with Crippen LogP contribution in [0.15, 0.2) is 27.6 Å². The highest BCUT2D eigenvalue weighted by Crippen LogP contribution is 2.25. The lowest BCUT2D eigenvalue weighted by Crippen LogP contribution is -2.35. The van der Waals surface area contributed by atoms with E-state index in [0.717, 1.165) is 14.9 Å². The predicted octanol–water partition coefficient (Wildman–Crippen LogP) is 2.98. The average molecular weight is 346 g/mol. The van der Waals surface area contributed by atoms with Crippen LogP contribution in [0, 0.1) is 12.8 Å². The first-order chi connectivity index (χ1) is 8.90. The van der Waals surface area contributed by atoms with Crippen LogP contribution in [0.1, 0.15) is 19.4 Å². The van der Waals surface area contributed by atoms with Crippen LogP contribution in [0.5, 0.6) is 0 Å². The average Bonchev–Trinajstić information content (AvgIpc) is 2.34. The van der Waals surface area contributed by atoms with Crippen LogP contribution in [0.4, 0.5) is 0 Å². The summed E-state index contributed by atoms with van der Waals surface area (Å²) in [6.07, 6.45) is -0.483. The topological polar surface area (TPSA) is 49.3 Å². The fraction of sp³-hybridized carbons (Fsp3) is 0.500. The minimum Gasteiger partial charge on any atom is -0.391 e. The van der Waals surface area contributed by atoms with Gasteiger partial charge in [-0.3, -0.25) is 4.79 Å². The molecule has 0 spiro atoms. The molecule has 2 N–H and O–H groups in total. The van der Waals surface area contributed by atoms with Gasteiger partial charge in [0.25, 0.3) is 0 Å². The third kappa shape index (κ3) is 5.97. The van der Waals surface area contributed by atoms with Gasteiger partial charge in [-0.15, -0.1) is 11.8 Å². The van der Waals surface area contributed by atoms with Crippen molar-refractivity contribution in [2.24, 2.45) is 5.92 Å². The molecule has 0 fully saturated rings. The van der Waals surface area contributed by atoms with Crippen molar-refractivity contribution in [2.45, 2.75) is 31.8 Å². The number of aryl methyl sites for hydroxylation is 1. The zero-order valence-corrected chi connectivity index (χ0v) is 13.8. The third-order valence-electron chi connectivity index (χ3n) is 2.77. The van der Waals surface area contributed by atoms with Gasteiger partial charge in [-0.05, 0) is 36.6 Å². The van der Waals surface area contributed by atoms with Crippen molar-refractivity contribution in [2.75, 3.05) is 12.3 Å². The summed E-state index contributed by atoms with van der Waals surface area (Å²) < 4.78 is 1.04. The van der Waals surface area contributed by atoms with E-state index in [1.165, 1.54) is 11.8 Å². The number of hydrogen-bond acceptors (Lipinski definition) is 3. The molecule has 5 heteroatoms. The molecule has 1 rings (SSSR count). The van der Waals surface area contributed by atoms with Crippen LogP contribution in [-0.4, -0.2) is 29.4 Å². The summed E-state index contributed by atoms with van der Waals surface area (Å²) in [4.78, 5) is 12.8. The smallest absolute Gasteiger partial charge is 0.230 e. The first-order valence-corrected chi connectivity index (χ1v) is 8.01. The minimum absolute atomic E-state index is 0.0491. The number of benzene rings is 1. The summed E-state index contributed by atoms with van der Waals surface area (Å²) >= 11 is 4.92. The van der Waals surface area contributed by atoms with E-state index in [0.29, 0.717) is 12.3 Å². The maximum Gasteiger partial charge on any atom is 0.230 e. The van der Waals surface area contributed by atoms with E-state index in [4.69, 9.17) is 0 Å². The second kappa shape index (κ2) is 7.92. The van der Waals surface area contributed by atoms with Gasteiger partial charge in [0.1, 0.15) is 0 Å². The van der Waals surface area contributed by atoms with E-state index >= 15 is 0 Å². The van der Waals surface area contributed by atoms with Crippen molar-refractivity contribution in [3.63, 3.8) is 0 Å². The Balaban J connectivity index is 2.38. The Bertz CT molecular complexity index is 437. The maximum atomic E-state index is 11.7. The molecule has 0 saturated heterocycles. The van der Waals surface area contributed by atoms with Gasteiger partial charge in [-0.25, -0.2) is 0 Å². The fourth-order valence-corrected chi connectivity index (χ4v) is 2.74. The number of halogens is 1. The van der Waals surface area contributed by atoms with Crippen LogP contribution in [0.25, 0.3) is 0 Å². The number of carbonyl (C=O) groups is 1. The molecule has 1 aromatic rings. The van der Waals surface area contributed by atoms with Crippen LogP contribution < -0.4 is 5.32 Å². The first kappa shape index (κ1) is 16.5. The third-order valence-corrected chi connectivity index (χ3v) is 4.44. The molecule has 0 aliphatic rings. The zero-order valence-electron chi connectivity index (χ0n) is 11.4. The Kier molecular flexibility index (Phi) is 6.89. The molecule has 3 nitrogen and oxygen atoms in total. The minimum atomic E-state index is -0.483. The largest absolute Gasteiger partial charge is 0.391 e. The van der Waals surface area contributed by atoms with Crippen LogP contribution in [0.3, 0.4) is 0 Å². The number of amides is 1. The molecule has 0 bridgehead atoms. The molecule has 0 aromatic heterocycles. The number of nitrogens with one attached hydrogen (secondary N) is 1. The van der Waals surface area contributed by atoms with Gasteiger partial charge in [0.05, 0.1) is 11.9 Å². The Hall–Kier alpha value is -0.520. The Morgan fingerprint density at radius 3 is 2.74 bits per heavy atom. The summed E-state index contributed by atoms with van der Waals surface area (Å²) in [6, 6.07) is 6.00. The summed E-state index contributed by atoms with van der Waals surface area (Å²) in [5, 5.41) is 12.4. The van der Waals surface area contributed by atoms with Crippen molar-refractivity contribution in [3.05, 3.63) is 28.2 Å². The fourth-order valence-electron chi connectivity index (χ4n) is 1.42. The van der Waals surface area contributed by atoms with Gasteiger partial charge in [-0.1, -0.05) is 29.8 Å². The molecule has 0 aliphatic carbocycles. The van der Waals surface area contributed by atoms with E-state index in [-0.39, 0.29) is 11.8 Å². The Morgan fingerprint density at radius 1 is 1.47 bits per heavy atom. The summed E-state index contributed by atoms with van der Waals surface area (Å²) in [5.74, 6) is 0.474. The van der Waals surface area contributed by atoms with Crippen LogP contribution >= 0.6 is 27.7 Å². The molecular weight excluding hydrogens is 326 g/mol. The number of aliphatic hydroxyl groups is 1. The summed E-state index contributed by atoms with van der Waals surface area (Å²) in [6.45, 7) is 6.19. The molecule has 0 aliphatic heterocycles. The standard InChI is InChI=1S/C14H20BrNO2S/c1-9(2)12(17)7-16-14(18)8-19-13-5-4-11(15)6-10(13)3/h4-6,9,12,17H,7-8H2,1-3H3,(H,16,18). The van der Waals surface area contributed by atoms with Gasteiger partial charge in [0.2, 0.25) is 5.91 Å². The van der Waals surface area contributed by atoms with Crippen molar-refractivity contribution in [1.82, 2.24) is 5.32 Å². The molecule has 106 valence electrons. The van der Waals surface area contributed by atoms with E-state index in [2.05, 4.69) is 21.2 Å². The molecule has 0 saturated carbocycles. The monoisotopic (exact) mass is 345 g/mol. The van der Waals surface area contributed by atoms with Gasteiger partial charge >= 0.3 is 0 Å².